The molecule has 0 bridgehead atoms. The summed E-state index contributed by atoms with van der Waals surface area (Å²) < 4.78 is 0. The number of hydrogen-bond donors (Lipinski definition) is 1. The molecule has 20 heavy (non-hydrogen) atoms. The van der Waals surface area contributed by atoms with Crippen molar-refractivity contribution in [1.82, 2.24) is 5.32 Å². The van der Waals surface area contributed by atoms with E-state index in [4.69, 9.17) is 0 Å². The van der Waals surface area contributed by atoms with Gasteiger partial charge in [-0.1, -0.05) is 39.2 Å². The summed E-state index contributed by atoms with van der Waals surface area (Å²) in [4.78, 5) is 24.1. The number of allylic oxidation sites excluding steroid dienone is 1. The molecule has 1 N–H and O–H groups in total. The molecule has 1 aliphatic rings. The minimum Gasteiger partial charge on any atom is -0.359 e. The molecule has 0 saturated heterocycles. The highest BCUT2D eigenvalue weighted by Crippen LogP contribution is 2.56. The van der Waals surface area contributed by atoms with Gasteiger partial charge in [0.25, 0.3) is 0 Å². The highest BCUT2D eigenvalue weighted by atomic mass is 16.2. The Morgan fingerprint density at radius 2 is 2.15 bits per heavy atom. The van der Waals surface area contributed by atoms with Crippen molar-refractivity contribution in [1.29, 1.82) is 0 Å². The highest BCUT2D eigenvalue weighted by molar-refractivity contribution is 5.87. The van der Waals surface area contributed by atoms with Crippen LogP contribution in [-0.4, -0.2) is 18.7 Å². The summed E-state index contributed by atoms with van der Waals surface area (Å²) in [5.74, 6) is 0.739. The summed E-state index contributed by atoms with van der Waals surface area (Å²) >= 11 is 0. The monoisotopic (exact) mass is 279 g/mol. The normalized spacial score (nSPS) is 25.9. The van der Waals surface area contributed by atoms with Gasteiger partial charge in [0, 0.05) is 19.4 Å². The van der Waals surface area contributed by atoms with Crippen molar-refractivity contribution >= 4 is 11.7 Å². The second-order valence-corrected chi connectivity index (χ2v) is 6.14. The van der Waals surface area contributed by atoms with Crippen LogP contribution in [0.4, 0.5) is 0 Å². The third-order valence-electron chi connectivity index (χ3n) is 4.71. The molecule has 1 saturated carbocycles. The zero-order valence-corrected chi connectivity index (χ0v) is 13.2. The van der Waals surface area contributed by atoms with Crippen molar-refractivity contribution in [3.05, 3.63) is 12.7 Å². The zero-order valence-electron chi connectivity index (χ0n) is 13.2. The second-order valence-electron chi connectivity index (χ2n) is 6.14. The lowest BCUT2D eigenvalue weighted by atomic mass is 9.89. The Hall–Kier alpha value is -1.12. The van der Waals surface area contributed by atoms with Gasteiger partial charge in [0.05, 0.1) is 5.41 Å². The van der Waals surface area contributed by atoms with Crippen LogP contribution in [-0.2, 0) is 9.59 Å². The smallest absolute Gasteiger partial charge is 0.226 e. The van der Waals surface area contributed by atoms with Gasteiger partial charge >= 0.3 is 0 Å². The maximum Gasteiger partial charge on any atom is 0.226 e. The fourth-order valence-corrected chi connectivity index (χ4v) is 3.01. The Labute approximate surface area is 123 Å². The first-order valence-corrected chi connectivity index (χ1v) is 7.89. The predicted octanol–water partition coefficient (Wildman–Crippen LogP) is 3.49. The molecule has 0 spiro atoms. The van der Waals surface area contributed by atoms with E-state index in [2.05, 4.69) is 18.8 Å². The van der Waals surface area contributed by atoms with Gasteiger partial charge in [0.1, 0.15) is 5.78 Å². The number of hydrogen-bond acceptors (Lipinski definition) is 2. The standard InChI is InChI=1S/C17H29NO2/c1-5-7-8-9-13(3)15(19)10-11-17(16(20)18-4)12-14(17)6-2/h6,13-14H,2,5,7-12H2,1,3-4H3,(H,18,20)/t13-,14?,17?/m0/s1. The van der Waals surface area contributed by atoms with Crippen molar-refractivity contribution in [2.75, 3.05) is 7.05 Å². The van der Waals surface area contributed by atoms with E-state index < -0.39 is 0 Å². The van der Waals surface area contributed by atoms with Crippen molar-refractivity contribution in [2.45, 2.75) is 58.8 Å². The number of nitrogens with one attached hydrogen (secondary N) is 1. The first-order chi connectivity index (χ1) is 9.51. The first kappa shape index (κ1) is 16.9. The molecule has 3 atom stereocenters. The number of amides is 1. The second kappa shape index (κ2) is 7.61. The molecular formula is C17H29NO2. The van der Waals surface area contributed by atoms with E-state index in [0.717, 1.165) is 19.3 Å². The quantitative estimate of drug-likeness (QED) is 0.491. The molecule has 1 fully saturated rings. The first-order valence-electron chi connectivity index (χ1n) is 7.89. The lowest BCUT2D eigenvalue weighted by molar-refractivity contribution is -0.127. The molecule has 1 aliphatic carbocycles. The minimum atomic E-state index is -0.352. The summed E-state index contributed by atoms with van der Waals surface area (Å²) in [6.45, 7) is 7.97. The number of Topliss-reactive ketones (excluding diaryl/α,β-unsaturated/α-hetero) is 1. The average molecular weight is 279 g/mol. The van der Waals surface area contributed by atoms with Crippen molar-refractivity contribution < 1.29 is 9.59 Å². The van der Waals surface area contributed by atoms with E-state index in [-0.39, 0.29) is 23.2 Å². The van der Waals surface area contributed by atoms with E-state index in [9.17, 15) is 9.59 Å². The van der Waals surface area contributed by atoms with Crippen molar-refractivity contribution in [3.63, 3.8) is 0 Å². The molecule has 3 heteroatoms. The predicted molar refractivity (Wildman–Crippen MR) is 82.4 cm³/mol. The Kier molecular flexibility index (Phi) is 6.44. The van der Waals surface area contributed by atoms with Crippen LogP contribution in [0, 0.1) is 17.3 Å². The summed E-state index contributed by atoms with van der Waals surface area (Å²) in [6.07, 6.45) is 8.35. The van der Waals surface area contributed by atoms with Gasteiger partial charge in [-0.05, 0) is 25.2 Å². The summed E-state index contributed by atoms with van der Waals surface area (Å²) in [5, 5.41) is 2.73. The van der Waals surface area contributed by atoms with Crippen LogP contribution in [0.1, 0.15) is 58.8 Å². The lowest BCUT2D eigenvalue weighted by Crippen LogP contribution is -2.31. The largest absolute Gasteiger partial charge is 0.359 e. The molecule has 0 aromatic heterocycles. The number of rotatable bonds is 10. The van der Waals surface area contributed by atoms with Crippen LogP contribution >= 0.6 is 0 Å². The molecule has 0 aromatic rings. The summed E-state index contributed by atoms with van der Waals surface area (Å²) in [5.41, 5.74) is -0.352. The molecule has 0 aromatic carbocycles. The molecule has 1 rings (SSSR count). The van der Waals surface area contributed by atoms with Crippen LogP contribution in [0.2, 0.25) is 0 Å². The van der Waals surface area contributed by atoms with Gasteiger partial charge in [-0.15, -0.1) is 6.58 Å². The average Bonchev–Trinajstić information content (AvgIpc) is 3.19. The molecule has 114 valence electrons. The molecule has 0 heterocycles. The fraction of sp³-hybridized carbons (Fsp3) is 0.765. The minimum absolute atomic E-state index is 0.0637. The molecule has 2 unspecified atom stereocenters. The van der Waals surface area contributed by atoms with Crippen LogP contribution in [0.15, 0.2) is 12.7 Å². The SMILES string of the molecule is C=CC1CC1(CCC(=O)[C@@H](C)CCCCC)C(=O)NC. The van der Waals surface area contributed by atoms with Crippen LogP contribution in [0.3, 0.4) is 0 Å². The molecule has 1 amide bonds. The Bertz CT molecular complexity index is 364. The molecular weight excluding hydrogens is 250 g/mol. The van der Waals surface area contributed by atoms with Crippen LogP contribution in [0.5, 0.6) is 0 Å². The van der Waals surface area contributed by atoms with E-state index in [1.165, 1.54) is 12.8 Å². The number of ketones is 1. The van der Waals surface area contributed by atoms with Gasteiger partial charge in [-0.3, -0.25) is 9.59 Å². The maximum atomic E-state index is 12.2. The summed E-state index contributed by atoms with van der Waals surface area (Å²) in [7, 11) is 1.66. The summed E-state index contributed by atoms with van der Waals surface area (Å²) in [6, 6.07) is 0. The van der Waals surface area contributed by atoms with Gasteiger partial charge < -0.3 is 5.32 Å². The lowest BCUT2D eigenvalue weighted by Gasteiger charge is -2.16. The van der Waals surface area contributed by atoms with Gasteiger partial charge in [-0.25, -0.2) is 0 Å². The third-order valence-corrected chi connectivity index (χ3v) is 4.71. The third kappa shape index (κ3) is 3.94. The van der Waals surface area contributed by atoms with Gasteiger partial charge in [-0.2, -0.15) is 0 Å². The van der Waals surface area contributed by atoms with Gasteiger partial charge in [0.2, 0.25) is 5.91 Å². The van der Waals surface area contributed by atoms with Crippen LogP contribution in [0.25, 0.3) is 0 Å². The zero-order chi connectivity index (χ0) is 15.2. The maximum absolute atomic E-state index is 12.2. The molecule has 0 radical (unpaired) electrons. The van der Waals surface area contributed by atoms with E-state index in [1.807, 2.05) is 13.0 Å². The topological polar surface area (TPSA) is 46.2 Å². The Morgan fingerprint density at radius 1 is 1.45 bits per heavy atom. The van der Waals surface area contributed by atoms with E-state index in [1.54, 1.807) is 7.05 Å². The van der Waals surface area contributed by atoms with E-state index >= 15 is 0 Å². The van der Waals surface area contributed by atoms with Crippen LogP contribution < -0.4 is 5.32 Å². The van der Waals surface area contributed by atoms with Crippen molar-refractivity contribution in [2.24, 2.45) is 17.3 Å². The highest BCUT2D eigenvalue weighted by Gasteiger charge is 2.57. The van der Waals surface area contributed by atoms with Crippen molar-refractivity contribution in [3.8, 4) is 0 Å². The molecule has 3 nitrogen and oxygen atoms in total. The number of carbonyl (C=O) groups is 2. The number of unbranched alkanes of at least 4 members (excludes halogenated alkanes) is 2. The van der Waals surface area contributed by atoms with E-state index in [0.29, 0.717) is 18.6 Å². The number of carbonyl (C=O) groups excluding carboxylic acids is 2. The van der Waals surface area contributed by atoms with Gasteiger partial charge in [0.15, 0.2) is 0 Å². The Morgan fingerprint density at radius 3 is 2.65 bits per heavy atom. The fourth-order valence-electron chi connectivity index (χ4n) is 3.01. The molecule has 0 aliphatic heterocycles. The Balaban J connectivity index is 2.43.